The first-order valence-electron chi connectivity index (χ1n) is 13.9. The lowest BCUT2D eigenvalue weighted by Gasteiger charge is -2.07. The lowest BCUT2D eigenvalue weighted by atomic mass is 10.0. The van der Waals surface area contributed by atoms with Crippen LogP contribution in [-0.2, 0) is 6.42 Å². The lowest BCUT2D eigenvalue weighted by molar-refractivity contribution is 0.102. The number of anilines is 1. The Hall–Kier alpha value is -2.29. The molecule has 0 aliphatic rings. The molecule has 0 aliphatic carbocycles. The Bertz CT molecular complexity index is 767. The summed E-state index contributed by atoms with van der Waals surface area (Å²) in [5.74, 6) is 0.0658. The summed E-state index contributed by atoms with van der Waals surface area (Å²) in [7, 11) is 0. The smallest absolute Gasteiger partial charge is 0.255 e. The molecule has 0 bridgehead atoms. The second-order valence-corrected chi connectivity index (χ2v) is 9.75. The summed E-state index contributed by atoms with van der Waals surface area (Å²) in [6, 6.07) is 14.5. The third-order valence-electron chi connectivity index (χ3n) is 6.66. The minimum atomic E-state index is -0.125. The number of hydrogen-bond donors (Lipinski definition) is 2. The van der Waals surface area contributed by atoms with Gasteiger partial charge in [-0.1, -0.05) is 115 Å². The molecule has 0 spiro atoms. The van der Waals surface area contributed by atoms with E-state index in [0.29, 0.717) is 11.3 Å². The molecule has 0 unspecified atom stereocenters. The Morgan fingerprint density at radius 3 is 1.53 bits per heavy atom. The van der Waals surface area contributed by atoms with Crippen molar-refractivity contribution >= 4 is 11.6 Å². The summed E-state index contributed by atoms with van der Waals surface area (Å²) in [4.78, 5) is 12.4. The lowest BCUT2D eigenvalue weighted by Crippen LogP contribution is -2.11. The zero-order valence-corrected chi connectivity index (χ0v) is 21.5. The topological polar surface area (TPSA) is 49.3 Å². The average molecular weight is 466 g/mol. The van der Waals surface area contributed by atoms with Gasteiger partial charge in [-0.25, -0.2) is 0 Å². The number of hydrogen-bond acceptors (Lipinski definition) is 2. The maximum Gasteiger partial charge on any atom is 0.255 e. The fourth-order valence-corrected chi connectivity index (χ4v) is 4.45. The molecule has 2 rings (SSSR count). The molecular weight excluding hydrogens is 418 g/mol. The van der Waals surface area contributed by atoms with Gasteiger partial charge in [0.2, 0.25) is 0 Å². The van der Waals surface area contributed by atoms with Crippen LogP contribution in [0.15, 0.2) is 48.5 Å². The minimum absolute atomic E-state index is 0.125. The van der Waals surface area contributed by atoms with Crippen molar-refractivity contribution in [3.63, 3.8) is 0 Å². The Kier molecular flexibility index (Phi) is 14.9. The number of benzene rings is 2. The predicted molar refractivity (Wildman–Crippen MR) is 146 cm³/mol. The number of carbonyl (C=O) groups excluding carboxylic acids is 1. The second kappa shape index (κ2) is 18.1. The zero-order chi connectivity index (χ0) is 24.3. The third-order valence-corrected chi connectivity index (χ3v) is 6.66. The summed E-state index contributed by atoms with van der Waals surface area (Å²) in [6.07, 6.45) is 23.3. The van der Waals surface area contributed by atoms with Gasteiger partial charge in [-0.3, -0.25) is 4.79 Å². The number of carbonyl (C=O) groups is 1. The van der Waals surface area contributed by atoms with Gasteiger partial charge < -0.3 is 10.4 Å². The highest BCUT2D eigenvalue weighted by Crippen LogP contribution is 2.17. The summed E-state index contributed by atoms with van der Waals surface area (Å²) in [6.45, 7) is 2.28. The molecule has 2 N–H and O–H groups in total. The van der Waals surface area contributed by atoms with E-state index < -0.39 is 0 Å². The van der Waals surface area contributed by atoms with Crippen molar-refractivity contribution in [2.45, 2.75) is 116 Å². The van der Waals surface area contributed by atoms with E-state index in [9.17, 15) is 9.90 Å². The molecule has 2 aromatic carbocycles. The molecule has 0 saturated heterocycles. The van der Waals surface area contributed by atoms with Crippen molar-refractivity contribution in [3.05, 3.63) is 59.7 Å². The normalized spacial score (nSPS) is 11.0. The number of phenolic OH excluding ortho intramolecular Hbond substituents is 1. The van der Waals surface area contributed by atoms with E-state index in [1.165, 1.54) is 108 Å². The molecule has 2 aromatic rings. The Labute approximate surface area is 208 Å². The molecule has 0 heterocycles. The third kappa shape index (κ3) is 12.8. The van der Waals surface area contributed by atoms with Crippen molar-refractivity contribution in [1.82, 2.24) is 0 Å². The van der Waals surface area contributed by atoms with Crippen molar-refractivity contribution < 1.29 is 9.90 Å². The minimum Gasteiger partial charge on any atom is -0.508 e. The number of phenols is 1. The molecule has 34 heavy (non-hydrogen) atoms. The molecule has 0 saturated carbocycles. The van der Waals surface area contributed by atoms with Crippen LogP contribution < -0.4 is 5.32 Å². The number of nitrogens with one attached hydrogen (secondary N) is 1. The first-order chi connectivity index (χ1) is 16.7. The largest absolute Gasteiger partial charge is 0.508 e. The van der Waals surface area contributed by atoms with Crippen LogP contribution in [0.1, 0.15) is 126 Å². The Morgan fingerprint density at radius 2 is 1.06 bits per heavy atom. The zero-order valence-electron chi connectivity index (χ0n) is 21.5. The van der Waals surface area contributed by atoms with Gasteiger partial charge in [-0.2, -0.15) is 0 Å². The molecule has 0 radical (unpaired) electrons. The molecule has 3 heteroatoms. The van der Waals surface area contributed by atoms with E-state index in [2.05, 4.69) is 24.4 Å². The van der Waals surface area contributed by atoms with Crippen molar-refractivity contribution in [3.8, 4) is 5.75 Å². The summed E-state index contributed by atoms with van der Waals surface area (Å²) in [5, 5.41) is 12.2. The number of amides is 1. The van der Waals surface area contributed by atoms with Crippen LogP contribution >= 0.6 is 0 Å². The van der Waals surface area contributed by atoms with Crippen LogP contribution in [0.5, 0.6) is 5.75 Å². The van der Waals surface area contributed by atoms with Crippen LogP contribution in [-0.4, -0.2) is 11.0 Å². The van der Waals surface area contributed by atoms with Crippen LogP contribution in [0, 0.1) is 0 Å². The molecule has 1 amide bonds. The number of rotatable bonds is 19. The van der Waals surface area contributed by atoms with E-state index in [4.69, 9.17) is 0 Å². The maximum atomic E-state index is 12.4. The summed E-state index contributed by atoms with van der Waals surface area (Å²) < 4.78 is 0. The van der Waals surface area contributed by atoms with Gasteiger partial charge in [-0.05, 0) is 54.8 Å². The Morgan fingerprint density at radius 1 is 0.618 bits per heavy atom. The van der Waals surface area contributed by atoms with Gasteiger partial charge in [0.15, 0.2) is 0 Å². The van der Waals surface area contributed by atoms with Crippen LogP contribution in [0.25, 0.3) is 0 Å². The molecule has 0 fully saturated rings. The van der Waals surface area contributed by atoms with E-state index in [0.717, 1.165) is 6.42 Å². The SMILES string of the molecule is CCCCCCCCCCCCCCCCCCc1ccc(C(=O)Nc2ccc(O)cc2)cc1. The maximum absolute atomic E-state index is 12.4. The first-order valence-corrected chi connectivity index (χ1v) is 13.9. The van der Waals surface area contributed by atoms with Crippen LogP contribution in [0.2, 0.25) is 0 Å². The molecule has 0 aromatic heterocycles. The molecule has 0 atom stereocenters. The summed E-state index contributed by atoms with van der Waals surface area (Å²) >= 11 is 0. The number of unbranched alkanes of at least 4 members (excludes halogenated alkanes) is 15. The number of aromatic hydroxyl groups is 1. The van der Waals surface area contributed by atoms with Crippen LogP contribution in [0.3, 0.4) is 0 Å². The van der Waals surface area contributed by atoms with E-state index in [1.54, 1.807) is 24.3 Å². The highest BCUT2D eigenvalue weighted by molar-refractivity contribution is 6.04. The van der Waals surface area contributed by atoms with Gasteiger partial charge in [0, 0.05) is 11.3 Å². The molecule has 188 valence electrons. The van der Waals surface area contributed by atoms with Gasteiger partial charge in [-0.15, -0.1) is 0 Å². The van der Waals surface area contributed by atoms with E-state index in [-0.39, 0.29) is 11.7 Å². The van der Waals surface area contributed by atoms with E-state index >= 15 is 0 Å². The van der Waals surface area contributed by atoms with Gasteiger partial charge in [0.25, 0.3) is 5.91 Å². The van der Waals surface area contributed by atoms with Crippen molar-refractivity contribution in [2.24, 2.45) is 0 Å². The summed E-state index contributed by atoms with van der Waals surface area (Å²) in [5.41, 5.74) is 2.63. The first kappa shape index (κ1) is 28.0. The van der Waals surface area contributed by atoms with E-state index in [1.807, 2.05) is 12.1 Å². The molecule has 0 aliphatic heterocycles. The molecular formula is C31H47NO2. The Balaban J connectivity index is 1.43. The number of aryl methyl sites for hydroxylation is 1. The van der Waals surface area contributed by atoms with Crippen molar-refractivity contribution in [1.29, 1.82) is 0 Å². The fraction of sp³-hybridized carbons (Fsp3) is 0.581. The second-order valence-electron chi connectivity index (χ2n) is 9.75. The molecule has 3 nitrogen and oxygen atoms in total. The highest BCUT2D eigenvalue weighted by atomic mass is 16.3. The van der Waals surface area contributed by atoms with Crippen LogP contribution in [0.4, 0.5) is 5.69 Å². The fourth-order valence-electron chi connectivity index (χ4n) is 4.45. The predicted octanol–water partition coefficient (Wildman–Crippen LogP) is 9.45. The van der Waals surface area contributed by atoms with Crippen molar-refractivity contribution in [2.75, 3.05) is 5.32 Å². The highest BCUT2D eigenvalue weighted by Gasteiger charge is 2.06. The quantitative estimate of drug-likeness (QED) is 0.160. The van der Waals surface area contributed by atoms with Gasteiger partial charge >= 0.3 is 0 Å². The van der Waals surface area contributed by atoms with Gasteiger partial charge in [0.1, 0.15) is 5.75 Å². The standard InChI is InChI=1S/C31H47NO2/c1-2-3-4-5-6-7-8-9-10-11-12-13-14-15-16-17-18-27-19-21-28(22-20-27)31(34)32-29-23-25-30(33)26-24-29/h19-26,33H,2-18H2,1H3,(H,32,34). The monoisotopic (exact) mass is 465 g/mol. The average Bonchev–Trinajstić information content (AvgIpc) is 2.85. The van der Waals surface area contributed by atoms with Gasteiger partial charge in [0.05, 0.1) is 0 Å².